The van der Waals surface area contributed by atoms with Gasteiger partial charge in [0.2, 0.25) is 0 Å². The summed E-state index contributed by atoms with van der Waals surface area (Å²) in [5, 5.41) is 3.32. The van der Waals surface area contributed by atoms with Crippen molar-refractivity contribution in [3.05, 3.63) is 35.9 Å². The van der Waals surface area contributed by atoms with Gasteiger partial charge in [0, 0.05) is 6.54 Å². The average Bonchev–Trinajstić information content (AvgIpc) is 2.36. The number of benzene rings is 1. The predicted molar refractivity (Wildman–Crippen MR) is 76.4 cm³/mol. The maximum Gasteiger partial charge on any atom is 0.00171 e. The zero-order valence-electron chi connectivity index (χ0n) is 11.6. The Balaban J connectivity index is 2.49. The highest BCUT2D eigenvalue weighted by molar-refractivity contribution is 5.19. The molecule has 0 fully saturated rings. The van der Waals surface area contributed by atoms with Crippen molar-refractivity contribution in [1.29, 1.82) is 0 Å². The highest BCUT2D eigenvalue weighted by Crippen LogP contribution is 2.24. The summed E-state index contributed by atoms with van der Waals surface area (Å²) in [5.74, 6) is 1.53. The molecular weight excluding hydrogens is 206 g/mol. The van der Waals surface area contributed by atoms with Crippen LogP contribution in [0.25, 0.3) is 0 Å². The monoisotopic (exact) mass is 233 g/mol. The van der Waals surface area contributed by atoms with Gasteiger partial charge in [-0.15, -0.1) is 0 Å². The molecule has 0 heterocycles. The minimum absolute atomic E-state index is 0.667. The molecule has 0 aliphatic carbocycles. The molecule has 0 saturated carbocycles. The lowest BCUT2D eigenvalue weighted by atomic mass is 9.89. The summed E-state index contributed by atoms with van der Waals surface area (Å²) in [4.78, 5) is 0. The highest BCUT2D eigenvalue weighted by Gasteiger charge is 2.11. The minimum Gasteiger partial charge on any atom is -0.319 e. The third-order valence-electron chi connectivity index (χ3n) is 3.51. The summed E-state index contributed by atoms with van der Waals surface area (Å²) in [5.41, 5.74) is 1.48. The Bertz CT molecular complexity index is 281. The molecule has 0 aliphatic rings. The third kappa shape index (κ3) is 5.36. The van der Waals surface area contributed by atoms with Gasteiger partial charge in [0.15, 0.2) is 0 Å². The molecule has 0 amide bonds. The van der Waals surface area contributed by atoms with E-state index >= 15 is 0 Å². The Hall–Kier alpha value is -0.820. The van der Waals surface area contributed by atoms with Gasteiger partial charge in [-0.1, -0.05) is 63.4 Å². The van der Waals surface area contributed by atoms with Gasteiger partial charge >= 0.3 is 0 Å². The second-order valence-electron chi connectivity index (χ2n) is 5.14. The average molecular weight is 233 g/mol. The summed E-state index contributed by atoms with van der Waals surface area (Å²) in [7, 11) is 2.05. The Morgan fingerprint density at radius 1 is 1.06 bits per heavy atom. The normalized spacial score (nSPS) is 14.5. The Morgan fingerprint density at radius 2 is 1.76 bits per heavy atom. The van der Waals surface area contributed by atoms with Gasteiger partial charge in [-0.05, 0) is 30.9 Å². The van der Waals surface area contributed by atoms with Gasteiger partial charge < -0.3 is 5.32 Å². The first kappa shape index (κ1) is 14.2. The van der Waals surface area contributed by atoms with E-state index in [4.69, 9.17) is 0 Å². The lowest BCUT2D eigenvalue weighted by Gasteiger charge is -2.19. The second kappa shape index (κ2) is 8.30. The number of nitrogens with one attached hydrogen (secondary N) is 1. The fraction of sp³-hybridized carbons (Fsp3) is 0.625. The van der Waals surface area contributed by atoms with Gasteiger partial charge in [0.05, 0.1) is 0 Å². The molecule has 1 nitrogen and oxygen atoms in total. The van der Waals surface area contributed by atoms with Crippen LogP contribution in [0.4, 0.5) is 0 Å². The summed E-state index contributed by atoms with van der Waals surface area (Å²) >= 11 is 0. The Labute approximate surface area is 107 Å². The van der Waals surface area contributed by atoms with E-state index in [9.17, 15) is 0 Å². The van der Waals surface area contributed by atoms with Gasteiger partial charge in [0.1, 0.15) is 0 Å². The molecule has 2 unspecified atom stereocenters. The predicted octanol–water partition coefficient (Wildman–Crippen LogP) is 4.21. The maximum absolute atomic E-state index is 3.32. The third-order valence-corrected chi connectivity index (χ3v) is 3.51. The van der Waals surface area contributed by atoms with Crippen molar-refractivity contribution in [2.24, 2.45) is 5.92 Å². The van der Waals surface area contributed by atoms with Gasteiger partial charge in [-0.25, -0.2) is 0 Å². The van der Waals surface area contributed by atoms with E-state index in [2.05, 4.69) is 49.5 Å². The number of hydrogen-bond acceptors (Lipinski definition) is 1. The second-order valence-corrected chi connectivity index (χ2v) is 5.14. The molecule has 1 N–H and O–H groups in total. The molecule has 0 aromatic heterocycles. The van der Waals surface area contributed by atoms with E-state index in [1.807, 2.05) is 7.05 Å². The first-order valence-corrected chi connectivity index (χ1v) is 6.97. The molecule has 1 heteroatoms. The van der Waals surface area contributed by atoms with Crippen LogP contribution in [0.15, 0.2) is 30.3 Å². The van der Waals surface area contributed by atoms with Crippen LogP contribution in [0, 0.1) is 5.92 Å². The first-order valence-electron chi connectivity index (χ1n) is 6.97. The van der Waals surface area contributed by atoms with E-state index in [0.717, 1.165) is 12.5 Å². The van der Waals surface area contributed by atoms with Gasteiger partial charge in [0.25, 0.3) is 0 Å². The van der Waals surface area contributed by atoms with Crippen LogP contribution in [0.5, 0.6) is 0 Å². The lowest BCUT2D eigenvalue weighted by molar-refractivity contribution is 0.435. The molecule has 2 atom stereocenters. The quantitative estimate of drug-likeness (QED) is 0.709. The standard InChI is InChI=1S/C16H27N/c1-4-8-14(2)11-12-16(13-17-3)15-9-6-5-7-10-15/h5-7,9-10,14,16-17H,4,8,11-13H2,1-3H3. The molecule has 0 bridgehead atoms. The molecular formula is C16H27N. The topological polar surface area (TPSA) is 12.0 Å². The SMILES string of the molecule is CCCC(C)CCC(CNC)c1ccccc1. The Kier molecular flexibility index (Phi) is 6.95. The van der Waals surface area contributed by atoms with Crippen LogP contribution in [0.3, 0.4) is 0 Å². The summed E-state index contributed by atoms with van der Waals surface area (Å²) in [6.45, 7) is 5.74. The van der Waals surface area contributed by atoms with Crippen molar-refractivity contribution >= 4 is 0 Å². The van der Waals surface area contributed by atoms with Crippen molar-refractivity contribution in [2.75, 3.05) is 13.6 Å². The lowest BCUT2D eigenvalue weighted by Crippen LogP contribution is -2.18. The van der Waals surface area contributed by atoms with Crippen LogP contribution >= 0.6 is 0 Å². The Morgan fingerprint density at radius 3 is 2.35 bits per heavy atom. The van der Waals surface area contributed by atoms with E-state index in [1.54, 1.807) is 0 Å². The summed E-state index contributed by atoms with van der Waals surface area (Å²) in [6, 6.07) is 10.9. The zero-order valence-corrected chi connectivity index (χ0v) is 11.6. The molecule has 1 rings (SSSR count). The fourth-order valence-electron chi connectivity index (χ4n) is 2.48. The summed E-state index contributed by atoms with van der Waals surface area (Å²) < 4.78 is 0. The molecule has 0 spiro atoms. The molecule has 96 valence electrons. The van der Waals surface area contributed by atoms with Crippen molar-refractivity contribution in [3.8, 4) is 0 Å². The molecule has 1 aromatic rings. The van der Waals surface area contributed by atoms with Crippen molar-refractivity contribution in [3.63, 3.8) is 0 Å². The van der Waals surface area contributed by atoms with E-state index in [0.29, 0.717) is 5.92 Å². The maximum atomic E-state index is 3.32. The zero-order chi connectivity index (χ0) is 12.5. The van der Waals surface area contributed by atoms with Crippen LogP contribution in [0.2, 0.25) is 0 Å². The first-order chi connectivity index (χ1) is 8.27. The summed E-state index contributed by atoms with van der Waals surface area (Å²) in [6.07, 6.45) is 5.31. The molecule has 1 aromatic carbocycles. The molecule has 17 heavy (non-hydrogen) atoms. The smallest absolute Gasteiger partial charge is 0.00171 e. The van der Waals surface area contributed by atoms with Gasteiger partial charge in [-0.3, -0.25) is 0 Å². The minimum atomic E-state index is 0.667. The highest BCUT2D eigenvalue weighted by atomic mass is 14.8. The van der Waals surface area contributed by atoms with E-state index < -0.39 is 0 Å². The number of hydrogen-bond donors (Lipinski definition) is 1. The fourth-order valence-corrected chi connectivity index (χ4v) is 2.48. The van der Waals surface area contributed by atoms with E-state index in [-0.39, 0.29) is 0 Å². The molecule has 0 aliphatic heterocycles. The van der Waals surface area contributed by atoms with Crippen LogP contribution < -0.4 is 5.32 Å². The van der Waals surface area contributed by atoms with Crippen molar-refractivity contribution in [1.82, 2.24) is 5.32 Å². The largest absolute Gasteiger partial charge is 0.319 e. The van der Waals surface area contributed by atoms with E-state index in [1.165, 1.54) is 31.2 Å². The number of likely N-dealkylation sites (N-methyl/N-ethyl adjacent to an activating group) is 1. The van der Waals surface area contributed by atoms with Crippen molar-refractivity contribution < 1.29 is 0 Å². The molecule has 0 saturated heterocycles. The van der Waals surface area contributed by atoms with Gasteiger partial charge in [-0.2, -0.15) is 0 Å². The van der Waals surface area contributed by atoms with Crippen LogP contribution in [0.1, 0.15) is 51.0 Å². The number of rotatable bonds is 8. The van der Waals surface area contributed by atoms with Crippen molar-refractivity contribution in [2.45, 2.75) is 45.4 Å². The van der Waals surface area contributed by atoms with Crippen LogP contribution in [-0.4, -0.2) is 13.6 Å². The van der Waals surface area contributed by atoms with Crippen LogP contribution in [-0.2, 0) is 0 Å². The molecule has 0 radical (unpaired) electrons.